The molecule has 2 unspecified atom stereocenters. The van der Waals surface area contributed by atoms with Crippen LogP contribution in [0.3, 0.4) is 0 Å². The molecule has 0 amide bonds. The minimum atomic E-state index is 0.0852. The van der Waals surface area contributed by atoms with Crippen molar-refractivity contribution in [2.24, 2.45) is 5.73 Å². The third-order valence-corrected chi connectivity index (χ3v) is 4.34. The Morgan fingerprint density at radius 1 is 1.33 bits per heavy atom. The highest BCUT2D eigenvalue weighted by Gasteiger charge is 2.23. The van der Waals surface area contributed by atoms with Gasteiger partial charge >= 0.3 is 0 Å². The summed E-state index contributed by atoms with van der Waals surface area (Å²) < 4.78 is 5.23. The summed E-state index contributed by atoms with van der Waals surface area (Å²) >= 11 is 1.62. The Morgan fingerprint density at radius 2 is 2.05 bits per heavy atom. The SMILES string of the molecule is CCC(N)C(c1ccc(OC)cc1)N(C)Cc1cscn1. The maximum absolute atomic E-state index is 6.36. The van der Waals surface area contributed by atoms with E-state index in [0.717, 1.165) is 24.4 Å². The van der Waals surface area contributed by atoms with E-state index in [1.54, 1.807) is 18.4 Å². The van der Waals surface area contributed by atoms with E-state index < -0.39 is 0 Å². The van der Waals surface area contributed by atoms with Crippen molar-refractivity contribution < 1.29 is 4.74 Å². The molecule has 1 aromatic carbocycles. The van der Waals surface area contributed by atoms with Crippen LogP contribution in [0.25, 0.3) is 0 Å². The molecule has 2 N–H and O–H groups in total. The number of hydrogen-bond acceptors (Lipinski definition) is 5. The average molecular weight is 305 g/mol. The Labute approximate surface area is 130 Å². The molecule has 4 nitrogen and oxygen atoms in total. The van der Waals surface area contributed by atoms with Crippen molar-refractivity contribution >= 4 is 11.3 Å². The molecule has 114 valence electrons. The van der Waals surface area contributed by atoms with E-state index in [1.807, 2.05) is 17.6 Å². The number of likely N-dealkylation sites (N-methyl/N-ethyl adjacent to an activating group) is 1. The minimum absolute atomic E-state index is 0.0852. The zero-order valence-corrected chi connectivity index (χ0v) is 13.6. The fourth-order valence-corrected chi connectivity index (χ4v) is 3.07. The summed E-state index contributed by atoms with van der Waals surface area (Å²) in [6.07, 6.45) is 0.929. The summed E-state index contributed by atoms with van der Waals surface area (Å²) in [4.78, 5) is 6.63. The quantitative estimate of drug-likeness (QED) is 0.854. The molecule has 0 saturated heterocycles. The average Bonchev–Trinajstić information content (AvgIpc) is 3.00. The van der Waals surface area contributed by atoms with Gasteiger partial charge in [-0.3, -0.25) is 4.90 Å². The van der Waals surface area contributed by atoms with Crippen molar-refractivity contribution in [3.05, 3.63) is 46.4 Å². The van der Waals surface area contributed by atoms with Gasteiger partial charge in [0.25, 0.3) is 0 Å². The first kappa shape index (κ1) is 15.9. The first-order valence-electron chi connectivity index (χ1n) is 7.12. The van der Waals surface area contributed by atoms with Crippen LogP contribution in [-0.4, -0.2) is 30.1 Å². The molecule has 0 saturated carbocycles. The Kier molecular flexibility index (Phi) is 5.73. The summed E-state index contributed by atoms with van der Waals surface area (Å²) in [5.74, 6) is 0.865. The predicted molar refractivity (Wildman–Crippen MR) is 87.6 cm³/mol. The number of nitrogens with zero attached hydrogens (tertiary/aromatic N) is 2. The molecule has 21 heavy (non-hydrogen) atoms. The fraction of sp³-hybridized carbons (Fsp3) is 0.438. The molecule has 5 heteroatoms. The lowest BCUT2D eigenvalue weighted by Crippen LogP contribution is -2.38. The number of ether oxygens (including phenoxy) is 1. The highest BCUT2D eigenvalue weighted by molar-refractivity contribution is 7.07. The van der Waals surface area contributed by atoms with E-state index in [9.17, 15) is 0 Å². The normalized spacial score (nSPS) is 14.1. The molecule has 0 bridgehead atoms. The molecule has 2 aromatic rings. The van der Waals surface area contributed by atoms with Gasteiger partial charge in [-0.15, -0.1) is 11.3 Å². The van der Waals surface area contributed by atoms with Crippen molar-refractivity contribution in [3.63, 3.8) is 0 Å². The molecule has 0 aliphatic rings. The molecule has 0 fully saturated rings. The lowest BCUT2D eigenvalue weighted by atomic mass is 9.96. The third-order valence-electron chi connectivity index (χ3n) is 3.70. The Hall–Kier alpha value is -1.43. The maximum atomic E-state index is 6.36. The number of benzene rings is 1. The Morgan fingerprint density at radius 3 is 2.57 bits per heavy atom. The fourth-order valence-electron chi connectivity index (χ4n) is 2.52. The van der Waals surface area contributed by atoms with E-state index in [-0.39, 0.29) is 12.1 Å². The van der Waals surface area contributed by atoms with E-state index in [4.69, 9.17) is 10.5 Å². The molecule has 2 rings (SSSR count). The minimum Gasteiger partial charge on any atom is -0.497 e. The number of nitrogens with two attached hydrogens (primary N) is 1. The van der Waals surface area contributed by atoms with Crippen molar-refractivity contribution in [2.45, 2.75) is 32.0 Å². The highest BCUT2D eigenvalue weighted by Crippen LogP contribution is 2.27. The second-order valence-electron chi connectivity index (χ2n) is 5.18. The molecule has 2 atom stereocenters. The molecule has 0 aliphatic carbocycles. The van der Waals surface area contributed by atoms with Gasteiger partial charge in [0.05, 0.1) is 18.3 Å². The van der Waals surface area contributed by atoms with Crippen molar-refractivity contribution in [3.8, 4) is 5.75 Å². The van der Waals surface area contributed by atoms with Gasteiger partial charge in [-0.25, -0.2) is 4.98 Å². The predicted octanol–water partition coefficient (Wildman–Crippen LogP) is 3.06. The van der Waals surface area contributed by atoms with Crippen molar-refractivity contribution in [2.75, 3.05) is 14.2 Å². The Bertz CT molecular complexity index is 527. The van der Waals surface area contributed by atoms with Crippen molar-refractivity contribution in [1.29, 1.82) is 0 Å². The molecule has 1 aromatic heterocycles. The van der Waals surface area contributed by atoms with E-state index in [2.05, 4.69) is 41.4 Å². The first-order valence-corrected chi connectivity index (χ1v) is 8.06. The first-order chi connectivity index (χ1) is 10.2. The zero-order chi connectivity index (χ0) is 15.2. The van der Waals surface area contributed by atoms with Gasteiger partial charge in [0, 0.05) is 24.0 Å². The number of aromatic nitrogens is 1. The highest BCUT2D eigenvalue weighted by atomic mass is 32.1. The topological polar surface area (TPSA) is 51.4 Å². The molecule has 1 heterocycles. The smallest absolute Gasteiger partial charge is 0.118 e. The maximum Gasteiger partial charge on any atom is 0.118 e. The van der Waals surface area contributed by atoms with Crippen LogP contribution < -0.4 is 10.5 Å². The Balaban J connectivity index is 2.20. The standard InChI is InChI=1S/C16H23N3OS/c1-4-15(17)16(12-5-7-14(20-3)8-6-12)19(2)9-13-10-21-11-18-13/h5-8,10-11,15-16H,4,9,17H2,1-3H3. The van der Waals surface area contributed by atoms with Crippen LogP contribution in [0.5, 0.6) is 5.75 Å². The molecule has 0 spiro atoms. The van der Waals surface area contributed by atoms with Gasteiger partial charge in [-0.2, -0.15) is 0 Å². The summed E-state index contributed by atoms with van der Waals surface area (Å²) in [5, 5.41) is 2.08. The van der Waals surface area contributed by atoms with Crippen LogP contribution in [-0.2, 0) is 6.54 Å². The van der Waals surface area contributed by atoms with Crippen LogP contribution >= 0.6 is 11.3 Å². The van der Waals surface area contributed by atoms with Gasteiger partial charge < -0.3 is 10.5 Å². The van der Waals surface area contributed by atoms with Crippen LogP contribution in [0.2, 0.25) is 0 Å². The number of thiazole rings is 1. The lowest BCUT2D eigenvalue weighted by molar-refractivity contribution is 0.200. The second-order valence-corrected chi connectivity index (χ2v) is 5.90. The van der Waals surface area contributed by atoms with Gasteiger partial charge in [0.2, 0.25) is 0 Å². The zero-order valence-electron chi connectivity index (χ0n) is 12.8. The van der Waals surface area contributed by atoms with Gasteiger partial charge in [0.1, 0.15) is 5.75 Å². The van der Waals surface area contributed by atoms with E-state index >= 15 is 0 Å². The van der Waals surface area contributed by atoms with Gasteiger partial charge in [0.15, 0.2) is 0 Å². The van der Waals surface area contributed by atoms with Crippen LogP contribution in [0.1, 0.15) is 30.6 Å². The second kappa shape index (κ2) is 7.54. The summed E-state index contributed by atoms with van der Waals surface area (Å²) in [7, 11) is 3.78. The van der Waals surface area contributed by atoms with Crippen LogP contribution in [0.4, 0.5) is 0 Å². The van der Waals surface area contributed by atoms with Gasteiger partial charge in [-0.1, -0.05) is 19.1 Å². The number of rotatable bonds is 7. The monoisotopic (exact) mass is 305 g/mol. The number of hydrogen-bond donors (Lipinski definition) is 1. The van der Waals surface area contributed by atoms with E-state index in [1.165, 1.54) is 5.56 Å². The lowest BCUT2D eigenvalue weighted by Gasteiger charge is -2.32. The molecular formula is C16H23N3OS. The molecular weight excluding hydrogens is 282 g/mol. The van der Waals surface area contributed by atoms with Gasteiger partial charge in [-0.05, 0) is 31.2 Å². The summed E-state index contributed by atoms with van der Waals surface area (Å²) in [6.45, 7) is 2.92. The largest absolute Gasteiger partial charge is 0.497 e. The van der Waals surface area contributed by atoms with Crippen LogP contribution in [0, 0.1) is 0 Å². The van der Waals surface area contributed by atoms with Crippen molar-refractivity contribution in [1.82, 2.24) is 9.88 Å². The third kappa shape index (κ3) is 4.03. The van der Waals surface area contributed by atoms with Crippen LogP contribution in [0.15, 0.2) is 35.2 Å². The summed E-state index contributed by atoms with van der Waals surface area (Å²) in [5.41, 5.74) is 10.5. The number of methoxy groups -OCH3 is 1. The molecule has 0 radical (unpaired) electrons. The molecule has 0 aliphatic heterocycles. The summed E-state index contributed by atoms with van der Waals surface area (Å²) in [6, 6.07) is 8.42. The van der Waals surface area contributed by atoms with E-state index in [0.29, 0.717) is 0 Å².